The van der Waals surface area contributed by atoms with Gasteiger partial charge in [0.1, 0.15) is 11.5 Å². The first-order valence-corrected chi connectivity index (χ1v) is 7.14. The summed E-state index contributed by atoms with van der Waals surface area (Å²) in [7, 11) is 3.12. The number of ketones is 2. The average Bonchev–Trinajstić information content (AvgIpc) is 2.60. The third-order valence-corrected chi connectivity index (χ3v) is 3.27. The smallest absolute Gasteiger partial charge is 0.170 e. The van der Waals surface area contributed by atoms with Crippen molar-refractivity contribution >= 4 is 17.6 Å². The molecule has 2 aromatic carbocycles. The lowest BCUT2D eigenvalue weighted by molar-refractivity contribution is -0.113. The zero-order valence-electron chi connectivity index (χ0n) is 13.1. The van der Waals surface area contributed by atoms with E-state index in [2.05, 4.69) is 0 Å². The highest BCUT2D eigenvalue weighted by molar-refractivity contribution is 6.12. The molecule has 4 heteroatoms. The van der Waals surface area contributed by atoms with Gasteiger partial charge in [0.15, 0.2) is 11.6 Å². The van der Waals surface area contributed by atoms with Gasteiger partial charge in [-0.2, -0.15) is 0 Å². The van der Waals surface area contributed by atoms with Crippen molar-refractivity contribution in [1.29, 1.82) is 0 Å². The Kier molecular flexibility index (Phi) is 5.69. The van der Waals surface area contributed by atoms with E-state index in [4.69, 9.17) is 9.47 Å². The molecule has 0 radical (unpaired) electrons. The molecule has 0 unspecified atom stereocenters. The third kappa shape index (κ3) is 4.81. The summed E-state index contributed by atoms with van der Waals surface area (Å²) < 4.78 is 10.3. The van der Waals surface area contributed by atoms with E-state index in [0.29, 0.717) is 17.1 Å². The second-order valence-corrected chi connectivity index (χ2v) is 4.91. The number of ether oxygens (including phenoxy) is 2. The first-order chi connectivity index (χ1) is 11.1. The van der Waals surface area contributed by atoms with Crippen LogP contribution in [0.25, 0.3) is 6.08 Å². The molecule has 0 atom stereocenters. The first kappa shape index (κ1) is 16.5. The van der Waals surface area contributed by atoms with Crippen LogP contribution in [0.2, 0.25) is 0 Å². The van der Waals surface area contributed by atoms with E-state index in [-0.39, 0.29) is 18.0 Å². The van der Waals surface area contributed by atoms with E-state index < -0.39 is 0 Å². The number of carbonyl (C=O) groups is 2. The average molecular weight is 310 g/mol. The summed E-state index contributed by atoms with van der Waals surface area (Å²) in [5.41, 5.74) is 1.30. The van der Waals surface area contributed by atoms with E-state index in [9.17, 15) is 9.59 Å². The monoisotopic (exact) mass is 310 g/mol. The Labute approximate surface area is 135 Å². The highest BCUT2D eigenvalue weighted by Gasteiger charge is 2.09. The van der Waals surface area contributed by atoms with Gasteiger partial charge in [-0.25, -0.2) is 0 Å². The maximum atomic E-state index is 12.0. The van der Waals surface area contributed by atoms with Crippen LogP contribution in [0.5, 0.6) is 11.5 Å². The van der Waals surface area contributed by atoms with Crippen molar-refractivity contribution in [2.45, 2.75) is 6.42 Å². The molecule has 0 aromatic heterocycles. The van der Waals surface area contributed by atoms with Crippen LogP contribution in [-0.2, 0) is 4.79 Å². The Morgan fingerprint density at radius 1 is 0.957 bits per heavy atom. The molecule has 0 N–H and O–H groups in total. The van der Waals surface area contributed by atoms with Crippen molar-refractivity contribution in [2.75, 3.05) is 14.2 Å². The number of hydrogen-bond donors (Lipinski definition) is 0. The van der Waals surface area contributed by atoms with Crippen molar-refractivity contribution in [3.05, 3.63) is 65.7 Å². The van der Waals surface area contributed by atoms with Gasteiger partial charge in [-0.05, 0) is 23.8 Å². The Morgan fingerprint density at radius 2 is 1.57 bits per heavy atom. The van der Waals surface area contributed by atoms with E-state index in [1.54, 1.807) is 62.8 Å². The molecular weight excluding hydrogens is 292 g/mol. The van der Waals surface area contributed by atoms with Gasteiger partial charge in [0.05, 0.1) is 20.6 Å². The Balaban J connectivity index is 2.05. The lowest BCUT2D eigenvalue weighted by Gasteiger charge is -2.05. The summed E-state index contributed by atoms with van der Waals surface area (Å²) in [6.07, 6.45) is 2.89. The summed E-state index contributed by atoms with van der Waals surface area (Å²) in [6, 6.07) is 14.1. The second kappa shape index (κ2) is 7.94. The van der Waals surface area contributed by atoms with Gasteiger partial charge < -0.3 is 9.47 Å². The highest BCUT2D eigenvalue weighted by atomic mass is 16.5. The van der Waals surface area contributed by atoms with E-state index in [1.165, 1.54) is 6.08 Å². The molecular formula is C19H18O4. The van der Waals surface area contributed by atoms with Crippen molar-refractivity contribution in [1.82, 2.24) is 0 Å². The molecule has 0 amide bonds. The fourth-order valence-electron chi connectivity index (χ4n) is 2.06. The minimum Gasteiger partial charge on any atom is -0.497 e. The summed E-state index contributed by atoms with van der Waals surface area (Å²) in [4.78, 5) is 23.9. The zero-order valence-corrected chi connectivity index (χ0v) is 13.1. The predicted molar refractivity (Wildman–Crippen MR) is 89.0 cm³/mol. The second-order valence-electron chi connectivity index (χ2n) is 4.91. The quantitative estimate of drug-likeness (QED) is 0.446. The molecule has 4 nitrogen and oxygen atoms in total. The lowest BCUT2D eigenvalue weighted by atomic mass is 10.1. The number of methoxy groups -OCH3 is 2. The number of allylic oxidation sites excluding steroid dienone is 1. The number of hydrogen-bond acceptors (Lipinski definition) is 4. The van der Waals surface area contributed by atoms with Gasteiger partial charge in [0, 0.05) is 11.6 Å². The molecule has 23 heavy (non-hydrogen) atoms. The van der Waals surface area contributed by atoms with Crippen LogP contribution in [0.3, 0.4) is 0 Å². The topological polar surface area (TPSA) is 52.6 Å². The fraction of sp³-hybridized carbons (Fsp3) is 0.158. The predicted octanol–water partition coefficient (Wildman–Crippen LogP) is 3.56. The number of Topliss-reactive ketones (excluding diaryl/α,β-unsaturated/α-hetero) is 1. The zero-order chi connectivity index (χ0) is 16.7. The normalized spacial score (nSPS) is 10.5. The molecule has 0 bridgehead atoms. The van der Waals surface area contributed by atoms with Crippen LogP contribution < -0.4 is 9.47 Å². The van der Waals surface area contributed by atoms with Gasteiger partial charge >= 0.3 is 0 Å². The molecule has 0 aliphatic rings. The fourth-order valence-corrected chi connectivity index (χ4v) is 2.06. The Hall–Kier alpha value is -2.88. The summed E-state index contributed by atoms with van der Waals surface area (Å²) in [5.74, 6) is 0.831. The van der Waals surface area contributed by atoms with Crippen LogP contribution in [0.15, 0.2) is 54.6 Å². The summed E-state index contributed by atoms with van der Waals surface area (Å²) in [6.45, 7) is 0. The molecule has 0 heterocycles. The van der Waals surface area contributed by atoms with Crippen molar-refractivity contribution in [3.63, 3.8) is 0 Å². The van der Waals surface area contributed by atoms with Crippen LogP contribution in [0, 0.1) is 0 Å². The first-order valence-electron chi connectivity index (χ1n) is 7.14. The van der Waals surface area contributed by atoms with Crippen LogP contribution in [-0.4, -0.2) is 25.8 Å². The van der Waals surface area contributed by atoms with Crippen molar-refractivity contribution in [2.24, 2.45) is 0 Å². The molecule has 0 fully saturated rings. The van der Waals surface area contributed by atoms with E-state index >= 15 is 0 Å². The Morgan fingerprint density at radius 3 is 2.13 bits per heavy atom. The van der Waals surface area contributed by atoms with Crippen molar-refractivity contribution in [3.8, 4) is 11.5 Å². The third-order valence-electron chi connectivity index (χ3n) is 3.27. The summed E-state index contributed by atoms with van der Waals surface area (Å²) >= 11 is 0. The summed E-state index contributed by atoms with van der Waals surface area (Å²) in [5, 5.41) is 0. The number of rotatable bonds is 7. The molecule has 0 aliphatic heterocycles. The maximum absolute atomic E-state index is 12.0. The SMILES string of the molecule is COc1cc(/C=C/C(=O)CC(=O)c2ccccc2)cc(OC)c1. The number of carbonyl (C=O) groups excluding carboxylic acids is 2. The Bertz CT molecular complexity index is 695. The molecule has 0 spiro atoms. The van der Waals surface area contributed by atoms with Gasteiger partial charge in [-0.15, -0.1) is 0 Å². The molecule has 118 valence electrons. The molecule has 0 saturated carbocycles. The standard InChI is InChI=1S/C19H18O4/c1-22-17-10-14(11-18(13-17)23-2)8-9-16(20)12-19(21)15-6-4-3-5-7-15/h3-11,13H,12H2,1-2H3/b9-8+. The maximum Gasteiger partial charge on any atom is 0.170 e. The number of benzene rings is 2. The molecule has 2 aromatic rings. The molecule has 0 saturated heterocycles. The van der Waals surface area contributed by atoms with Gasteiger partial charge in [0.2, 0.25) is 0 Å². The van der Waals surface area contributed by atoms with Crippen LogP contribution in [0.1, 0.15) is 22.3 Å². The van der Waals surface area contributed by atoms with E-state index in [1.807, 2.05) is 6.07 Å². The van der Waals surface area contributed by atoms with Gasteiger partial charge in [-0.1, -0.05) is 36.4 Å². The van der Waals surface area contributed by atoms with Gasteiger partial charge in [0.25, 0.3) is 0 Å². The minimum absolute atomic E-state index is 0.151. The largest absolute Gasteiger partial charge is 0.497 e. The van der Waals surface area contributed by atoms with Gasteiger partial charge in [-0.3, -0.25) is 9.59 Å². The molecule has 2 rings (SSSR count). The van der Waals surface area contributed by atoms with Crippen LogP contribution >= 0.6 is 0 Å². The van der Waals surface area contributed by atoms with Crippen LogP contribution in [0.4, 0.5) is 0 Å². The highest BCUT2D eigenvalue weighted by Crippen LogP contribution is 2.23. The molecule has 0 aliphatic carbocycles. The van der Waals surface area contributed by atoms with Crippen molar-refractivity contribution < 1.29 is 19.1 Å². The lowest BCUT2D eigenvalue weighted by Crippen LogP contribution is -2.05. The minimum atomic E-state index is -0.249. The van der Waals surface area contributed by atoms with E-state index in [0.717, 1.165) is 5.56 Å².